The summed E-state index contributed by atoms with van der Waals surface area (Å²) in [5.74, 6) is 0. The lowest BCUT2D eigenvalue weighted by atomic mass is 10.1. The predicted octanol–water partition coefficient (Wildman–Crippen LogP) is 0.578. The Kier molecular flexibility index (Phi) is 5.16. The molecule has 0 aromatic rings. The van der Waals surface area contributed by atoms with Crippen molar-refractivity contribution in [1.29, 1.82) is 0 Å². The van der Waals surface area contributed by atoms with Crippen LogP contribution in [0.1, 0.15) is 12.8 Å². The van der Waals surface area contributed by atoms with E-state index in [2.05, 4.69) is 6.58 Å². The van der Waals surface area contributed by atoms with E-state index in [1.165, 1.54) is 0 Å². The number of rotatable bonds is 5. The Hall–Kier alpha value is -0.410. The first-order valence-electron chi connectivity index (χ1n) is 3.41. The fourth-order valence-electron chi connectivity index (χ4n) is 0.624. The van der Waals surface area contributed by atoms with E-state index in [9.17, 15) is 4.39 Å². The maximum Gasteiger partial charge on any atom is 0.108 e. The van der Waals surface area contributed by atoms with Gasteiger partial charge in [-0.25, -0.2) is 4.39 Å². The van der Waals surface area contributed by atoms with Crippen LogP contribution in [0.5, 0.6) is 0 Å². The summed E-state index contributed by atoms with van der Waals surface area (Å²) in [6.45, 7) is 3.73. The third-order valence-corrected chi connectivity index (χ3v) is 1.39. The zero-order chi connectivity index (χ0) is 7.98. The number of hydrogen-bond acceptors (Lipinski definition) is 2. The molecule has 0 rings (SSSR count). The Morgan fingerprint density at radius 1 is 1.60 bits per heavy atom. The minimum atomic E-state index is -0.524. The normalized spacial score (nSPS) is 13.1. The van der Waals surface area contributed by atoms with Gasteiger partial charge < -0.3 is 11.5 Å². The van der Waals surface area contributed by atoms with E-state index in [-0.39, 0.29) is 0 Å². The van der Waals surface area contributed by atoms with Crippen molar-refractivity contribution in [2.24, 2.45) is 11.5 Å². The summed E-state index contributed by atoms with van der Waals surface area (Å²) in [5, 5.41) is 0. The molecule has 2 nitrogen and oxygen atoms in total. The van der Waals surface area contributed by atoms with Crippen LogP contribution in [-0.4, -0.2) is 19.3 Å². The van der Waals surface area contributed by atoms with E-state index >= 15 is 0 Å². The zero-order valence-electron chi connectivity index (χ0n) is 6.15. The van der Waals surface area contributed by atoms with Gasteiger partial charge in [0, 0.05) is 0 Å². The molecule has 0 spiro atoms. The molecule has 0 radical (unpaired) electrons. The fraction of sp³-hybridized carbons (Fsp3) is 0.714. The molecule has 0 aliphatic rings. The first kappa shape index (κ1) is 9.59. The lowest BCUT2D eigenvalue weighted by molar-refractivity contribution is 0.449. The second-order valence-corrected chi connectivity index (χ2v) is 2.31. The summed E-state index contributed by atoms with van der Waals surface area (Å²) in [6.07, 6.45) is 1.58. The van der Waals surface area contributed by atoms with Crippen LogP contribution < -0.4 is 11.5 Å². The van der Waals surface area contributed by atoms with E-state index in [1.54, 1.807) is 0 Å². The molecule has 3 heteroatoms. The Bertz CT molecular complexity index is 104. The highest BCUT2D eigenvalue weighted by atomic mass is 19.1. The summed E-state index contributed by atoms with van der Waals surface area (Å²) in [5.41, 5.74) is 11.3. The van der Waals surface area contributed by atoms with Crippen LogP contribution in [0.25, 0.3) is 0 Å². The molecule has 0 aromatic carbocycles. The van der Waals surface area contributed by atoms with Gasteiger partial charge in [0.25, 0.3) is 0 Å². The maximum atomic E-state index is 11.8. The molecule has 0 aliphatic heterocycles. The highest BCUT2D eigenvalue weighted by molar-refractivity contribution is 5.03. The largest absolute Gasteiger partial charge is 0.330 e. The Morgan fingerprint density at radius 3 is 2.60 bits per heavy atom. The molecule has 1 unspecified atom stereocenters. The van der Waals surface area contributed by atoms with E-state index in [0.29, 0.717) is 6.54 Å². The SMILES string of the molecule is C=C(CCCN)C(N)CF. The van der Waals surface area contributed by atoms with Gasteiger partial charge in [-0.2, -0.15) is 0 Å². The summed E-state index contributed by atoms with van der Waals surface area (Å²) in [6, 6.07) is -0.494. The molecule has 0 saturated carbocycles. The monoisotopic (exact) mass is 146 g/mol. The minimum absolute atomic E-state index is 0.494. The predicted molar refractivity (Wildman–Crippen MR) is 41.4 cm³/mol. The summed E-state index contributed by atoms with van der Waals surface area (Å²) in [4.78, 5) is 0. The molecule has 0 bridgehead atoms. The van der Waals surface area contributed by atoms with E-state index in [1.807, 2.05) is 0 Å². The first-order valence-corrected chi connectivity index (χ1v) is 3.41. The smallest absolute Gasteiger partial charge is 0.108 e. The van der Waals surface area contributed by atoms with Crippen molar-refractivity contribution in [3.63, 3.8) is 0 Å². The van der Waals surface area contributed by atoms with Crippen molar-refractivity contribution in [2.75, 3.05) is 13.2 Å². The zero-order valence-corrected chi connectivity index (χ0v) is 6.15. The summed E-state index contributed by atoms with van der Waals surface area (Å²) in [7, 11) is 0. The van der Waals surface area contributed by atoms with Crippen molar-refractivity contribution in [3.05, 3.63) is 12.2 Å². The molecule has 10 heavy (non-hydrogen) atoms. The Labute approximate surface area is 61.1 Å². The molecule has 0 fully saturated rings. The maximum absolute atomic E-state index is 11.8. The average molecular weight is 146 g/mol. The third kappa shape index (κ3) is 3.58. The molecule has 0 aliphatic carbocycles. The summed E-state index contributed by atoms with van der Waals surface area (Å²) < 4.78 is 11.8. The topological polar surface area (TPSA) is 52.0 Å². The Balaban J connectivity index is 3.42. The highest BCUT2D eigenvalue weighted by Gasteiger charge is 2.04. The summed E-state index contributed by atoms with van der Waals surface area (Å²) >= 11 is 0. The van der Waals surface area contributed by atoms with Crippen molar-refractivity contribution in [1.82, 2.24) is 0 Å². The van der Waals surface area contributed by atoms with Crippen LogP contribution >= 0.6 is 0 Å². The van der Waals surface area contributed by atoms with Gasteiger partial charge in [-0.15, -0.1) is 0 Å². The standard InChI is InChI=1S/C7H15FN2/c1-6(3-2-4-9)7(10)5-8/h7H,1-5,9-10H2. The van der Waals surface area contributed by atoms with Crippen molar-refractivity contribution in [3.8, 4) is 0 Å². The number of nitrogens with two attached hydrogens (primary N) is 2. The quantitative estimate of drug-likeness (QED) is 0.557. The highest BCUT2D eigenvalue weighted by Crippen LogP contribution is 2.05. The molecular formula is C7H15FN2. The first-order chi connectivity index (χ1) is 4.72. The second kappa shape index (κ2) is 5.38. The number of hydrogen-bond donors (Lipinski definition) is 2. The van der Waals surface area contributed by atoms with Crippen LogP contribution in [0, 0.1) is 0 Å². The van der Waals surface area contributed by atoms with Gasteiger partial charge in [-0.3, -0.25) is 0 Å². The van der Waals surface area contributed by atoms with Gasteiger partial charge in [-0.1, -0.05) is 12.2 Å². The molecule has 0 saturated heterocycles. The third-order valence-electron chi connectivity index (χ3n) is 1.39. The second-order valence-electron chi connectivity index (χ2n) is 2.31. The van der Waals surface area contributed by atoms with Gasteiger partial charge in [-0.05, 0) is 19.4 Å². The number of halogens is 1. The van der Waals surface area contributed by atoms with Crippen LogP contribution in [0.15, 0.2) is 12.2 Å². The van der Waals surface area contributed by atoms with Crippen LogP contribution in [-0.2, 0) is 0 Å². The Morgan fingerprint density at radius 2 is 2.20 bits per heavy atom. The molecule has 0 heterocycles. The van der Waals surface area contributed by atoms with Crippen molar-refractivity contribution >= 4 is 0 Å². The molecule has 1 atom stereocenters. The molecule has 0 aromatic heterocycles. The van der Waals surface area contributed by atoms with E-state index in [4.69, 9.17) is 11.5 Å². The van der Waals surface area contributed by atoms with Gasteiger partial charge >= 0.3 is 0 Å². The van der Waals surface area contributed by atoms with Crippen LogP contribution in [0.4, 0.5) is 4.39 Å². The molecule has 60 valence electrons. The average Bonchev–Trinajstić information content (AvgIpc) is 1.98. The van der Waals surface area contributed by atoms with Gasteiger partial charge in [0.1, 0.15) is 6.67 Å². The fourth-order valence-corrected chi connectivity index (χ4v) is 0.624. The lowest BCUT2D eigenvalue weighted by Gasteiger charge is -2.09. The molecule has 4 N–H and O–H groups in total. The van der Waals surface area contributed by atoms with E-state index in [0.717, 1.165) is 18.4 Å². The molecule has 0 amide bonds. The van der Waals surface area contributed by atoms with E-state index < -0.39 is 12.7 Å². The van der Waals surface area contributed by atoms with Gasteiger partial charge in [0.2, 0.25) is 0 Å². The molecular weight excluding hydrogens is 131 g/mol. The minimum Gasteiger partial charge on any atom is -0.330 e. The van der Waals surface area contributed by atoms with Crippen LogP contribution in [0.2, 0.25) is 0 Å². The van der Waals surface area contributed by atoms with Gasteiger partial charge in [0.15, 0.2) is 0 Å². The lowest BCUT2D eigenvalue weighted by Crippen LogP contribution is -2.24. The van der Waals surface area contributed by atoms with Crippen LogP contribution in [0.3, 0.4) is 0 Å². The van der Waals surface area contributed by atoms with Crippen molar-refractivity contribution < 1.29 is 4.39 Å². The number of alkyl halides is 1. The van der Waals surface area contributed by atoms with Gasteiger partial charge in [0.05, 0.1) is 6.04 Å². The van der Waals surface area contributed by atoms with Crippen molar-refractivity contribution in [2.45, 2.75) is 18.9 Å².